The second kappa shape index (κ2) is 10.6. The minimum Gasteiger partial charge on any atom is -0.458 e. The molecule has 7 atom stereocenters. The van der Waals surface area contributed by atoms with E-state index in [-0.39, 0.29) is 52.3 Å². The quantitative estimate of drug-likeness (QED) is 0.191. The van der Waals surface area contributed by atoms with E-state index in [9.17, 15) is 19.2 Å². The van der Waals surface area contributed by atoms with Gasteiger partial charge in [0.15, 0.2) is 26.3 Å². The summed E-state index contributed by atoms with van der Waals surface area (Å²) in [5.74, 6) is -0.767. The smallest absolute Gasteiger partial charge is 0.306 e. The number of Topliss-reactive ketones (excluding diaryl/α,β-unsaturated/α-hetero) is 1. The van der Waals surface area contributed by atoms with Crippen molar-refractivity contribution in [2.24, 2.45) is 28.6 Å². The van der Waals surface area contributed by atoms with Crippen LogP contribution in [0.1, 0.15) is 93.9 Å². The second-order valence-electron chi connectivity index (χ2n) is 15.0. The summed E-state index contributed by atoms with van der Waals surface area (Å²) in [5.41, 5.74) is 0.0353. The third kappa shape index (κ3) is 5.11. The Morgan fingerprint density at radius 1 is 1.15 bits per heavy atom. The van der Waals surface area contributed by atoms with Gasteiger partial charge >= 0.3 is 11.9 Å². The Hall–Kier alpha value is -2.06. The maximum atomic E-state index is 14.0. The van der Waals surface area contributed by atoms with E-state index in [1.165, 1.54) is 18.1 Å². The van der Waals surface area contributed by atoms with Gasteiger partial charge in [-0.3, -0.25) is 19.2 Å². The van der Waals surface area contributed by atoms with Gasteiger partial charge in [0.1, 0.15) is 0 Å². The summed E-state index contributed by atoms with van der Waals surface area (Å²) in [6.45, 7) is 20.3. The van der Waals surface area contributed by atoms with Gasteiger partial charge in [-0.05, 0) is 74.6 Å². The molecule has 2 saturated carbocycles. The van der Waals surface area contributed by atoms with Gasteiger partial charge in [0.2, 0.25) is 5.78 Å². The fourth-order valence-corrected chi connectivity index (χ4v) is 9.87. The molecule has 0 saturated heterocycles. The van der Waals surface area contributed by atoms with Gasteiger partial charge < -0.3 is 13.9 Å². The molecule has 0 heterocycles. The molecule has 0 radical (unpaired) electrons. The van der Waals surface area contributed by atoms with Crippen LogP contribution in [0.3, 0.4) is 0 Å². The SMILES string of the molecule is CCC(=O)O[C@]1(C(=O)COC(C)=O)CC[C@H]2[C@@H]3CC(C)=C4CC(=O)C=C[C@]4(C)[C@H]3[C@@H](O[Si](C)(C)C(C)(C)C)C[C@@]21C. The first kappa shape index (κ1) is 31.9. The van der Waals surface area contributed by atoms with Gasteiger partial charge in [0, 0.05) is 36.7 Å². The molecule has 4 aliphatic carbocycles. The Kier molecular flexibility index (Phi) is 8.22. The molecule has 228 valence electrons. The van der Waals surface area contributed by atoms with Crippen molar-refractivity contribution in [3.8, 4) is 0 Å². The number of carbonyl (C=O) groups excluding carboxylic acids is 4. The Balaban J connectivity index is 1.89. The number of ketones is 2. The van der Waals surface area contributed by atoms with E-state index in [0.29, 0.717) is 19.3 Å². The number of carbonyl (C=O) groups is 4. The predicted octanol–water partition coefficient (Wildman–Crippen LogP) is 6.51. The van der Waals surface area contributed by atoms with Crippen molar-refractivity contribution in [3.63, 3.8) is 0 Å². The van der Waals surface area contributed by atoms with Crippen LogP contribution in [-0.2, 0) is 33.1 Å². The molecular formula is C33H50O7Si. The van der Waals surface area contributed by atoms with E-state index in [4.69, 9.17) is 13.9 Å². The number of hydrogen-bond donors (Lipinski definition) is 0. The minimum atomic E-state index is -2.28. The molecule has 0 N–H and O–H groups in total. The van der Waals surface area contributed by atoms with Crippen LogP contribution >= 0.6 is 0 Å². The highest BCUT2D eigenvalue weighted by Crippen LogP contribution is 2.69. The molecule has 4 rings (SSSR count). The molecule has 0 unspecified atom stereocenters. The van der Waals surface area contributed by atoms with Crippen LogP contribution in [0, 0.1) is 28.6 Å². The van der Waals surface area contributed by atoms with Gasteiger partial charge in [0.05, 0.1) is 0 Å². The summed E-state index contributed by atoms with van der Waals surface area (Å²) >= 11 is 0. The molecule has 0 bridgehead atoms. The Morgan fingerprint density at radius 3 is 2.39 bits per heavy atom. The van der Waals surface area contributed by atoms with Crippen molar-refractivity contribution in [3.05, 3.63) is 23.3 Å². The van der Waals surface area contributed by atoms with Crippen LogP contribution in [0.2, 0.25) is 18.1 Å². The Bertz CT molecular complexity index is 1190. The first-order chi connectivity index (χ1) is 18.8. The molecule has 0 amide bonds. The lowest BCUT2D eigenvalue weighted by atomic mass is 9.46. The third-order valence-corrected chi connectivity index (χ3v) is 16.1. The lowest BCUT2D eigenvalue weighted by molar-refractivity contribution is -0.198. The van der Waals surface area contributed by atoms with E-state index in [0.717, 1.165) is 12.8 Å². The van der Waals surface area contributed by atoms with Gasteiger partial charge in [-0.2, -0.15) is 0 Å². The number of hydrogen-bond acceptors (Lipinski definition) is 7. The summed E-state index contributed by atoms with van der Waals surface area (Å²) in [5, 5.41) is -0.0324. The first-order valence-corrected chi connectivity index (χ1v) is 18.2. The van der Waals surface area contributed by atoms with Crippen molar-refractivity contribution in [1.82, 2.24) is 0 Å². The van der Waals surface area contributed by atoms with E-state index in [2.05, 4.69) is 60.7 Å². The van der Waals surface area contributed by atoms with E-state index < -0.39 is 37.9 Å². The fraction of sp³-hybridized carbons (Fsp3) is 0.758. The van der Waals surface area contributed by atoms with Crippen LogP contribution < -0.4 is 0 Å². The first-order valence-electron chi connectivity index (χ1n) is 15.3. The summed E-state index contributed by atoms with van der Waals surface area (Å²) in [7, 11) is -2.28. The van der Waals surface area contributed by atoms with Crippen molar-refractivity contribution in [2.75, 3.05) is 6.61 Å². The maximum Gasteiger partial charge on any atom is 0.306 e. The van der Waals surface area contributed by atoms with Crippen molar-refractivity contribution in [2.45, 2.75) is 124 Å². The third-order valence-electron chi connectivity index (χ3n) is 11.6. The van der Waals surface area contributed by atoms with E-state index in [1.807, 2.05) is 0 Å². The topological polar surface area (TPSA) is 96.0 Å². The summed E-state index contributed by atoms with van der Waals surface area (Å²) in [6.07, 6.45) is 6.77. The molecule has 2 fully saturated rings. The number of fused-ring (bicyclic) bond motifs is 5. The summed E-state index contributed by atoms with van der Waals surface area (Å²) in [4.78, 5) is 51.2. The molecule has 0 aromatic rings. The molecule has 7 nitrogen and oxygen atoms in total. The number of rotatable bonds is 7. The van der Waals surface area contributed by atoms with Crippen LogP contribution in [-0.4, -0.2) is 50.1 Å². The zero-order chi connectivity index (χ0) is 30.8. The minimum absolute atomic E-state index is 0.0324. The summed E-state index contributed by atoms with van der Waals surface area (Å²) < 4.78 is 18.7. The van der Waals surface area contributed by atoms with E-state index in [1.54, 1.807) is 13.0 Å². The van der Waals surface area contributed by atoms with Crippen molar-refractivity contribution < 1.29 is 33.1 Å². The van der Waals surface area contributed by atoms with E-state index >= 15 is 0 Å². The lowest BCUT2D eigenvalue weighted by Gasteiger charge is -2.62. The lowest BCUT2D eigenvalue weighted by Crippen LogP contribution is -2.64. The van der Waals surface area contributed by atoms with Crippen LogP contribution in [0.15, 0.2) is 23.3 Å². The zero-order valence-corrected chi connectivity index (χ0v) is 27.8. The fourth-order valence-electron chi connectivity index (χ4n) is 8.53. The highest BCUT2D eigenvalue weighted by Gasteiger charge is 2.71. The maximum absolute atomic E-state index is 14.0. The normalized spacial score (nSPS) is 36.8. The summed E-state index contributed by atoms with van der Waals surface area (Å²) in [6, 6.07) is 0. The molecule has 41 heavy (non-hydrogen) atoms. The van der Waals surface area contributed by atoms with Crippen LogP contribution in [0.5, 0.6) is 0 Å². The van der Waals surface area contributed by atoms with Crippen molar-refractivity contribution >= 4 is 31.8 Å². The van der Waals surface area contributed by atoms with Gasteiger partial charge in [-0.25, -0.2) is 0 Å². The van der Waals surface area contributed by atoms with Gasteiger partial charge in [-0.1, -0.05) is 58.8 Å². The molecule has 8 heteroatoms. The number of allylic oxidation sites excluding steroid dienone is 4. The molecule has 0 aliphatic heterocycles. The zero-order valence-electron chi connectivity index (χ0n) is 26.8. The average molecular weight is 587 g/mol. The molecule has 4 aliphatic rings. The molecule has 0 aromatic heterocycles. The van der Waals surface area contributed by atoms with Gasteiger partial charge in [-0.15, -0.1) is 0 Å². The Labute approximate surface area is 247 Å². The van der Waals surface area contributed by atoms with Crippen molar-refractivity contribution in [1.29, 1.82) is 0 Å². The standard InChI is InChI=1S/C33H50O7Si/c1-11-28(37)39-33(27(36)19-38-21(3)34)15-13-24-23-16-20(2)25-17-22(35)12-14-31(25,7)29(23)26(18-32(24,33)8)40-41(9,10)30(4,5)6/h12,14,23-24,26,29H,11,13,15-19H2,1-10H3/t23-,24-,26-,29+,31-,32-,33-/m0/s1. The molecule has 0 aromatic carbocycles. The predicted molar refractivity (Wildman–Crippen MR) is 159 cm³/mol. The monoisotopic (exact) mass is 586 g/mol. The van der Waals surface area contributed by atoms with Gasteiger partial charge in [0.25, 0.3) is 0 Å². The number of ether oxygens (including phenoxy) is 2. The molecule has 0 spiro atoms. The average Bonchev–Trinajstić information content (AvgIpc) is 3.14. The highest BCUT2D eigenvalue weighted by atomic mass is 28.4. The highest BCUT2D eigenvalue weighted by molar-refractivity contribution is 6.74. The van der Waals surface area contributed by atoms with Crippen LogP contribution in [0.25, 0.3) is 0 Å². The second-order valence-corrected chi connectivity index (χ2v) is 19.7. The largest absolute Gasteiger partial charge is 0.458 e. The van der Waals surface area contributed by atoms with Crippen LogP contribution in [0.4, 0.5) is 0 Å². The molecular weight excluding hydrogens is 536 g/mol. The number of esters is 2. The Morgan fingerprint density at radius 2 is 1.80 bits per heavy atom.